The summed E-state index contributed by atoms with van der Waals surface area (Å²) in [6, 6.07) is 0. The van der Waals surface area contributed by atoms with Crippen LogP contribution in [0, 0.1) is 0 Å². The van der Waals surface area contributed by atoms with Gasteiger partial charge in [0.1, 0.15) is 5.03 Å². The van der Waals surface area contributed by atoms with Crippen LogP contribution in [0.2, 0.25) is 0 Å². The predicted molar refractivity (Wildman–Crippen MR) is 34.7 cm³/mol. The number of allylic oxidation sites excluding steroid dienone is 2. The molecule has 82 valence electrons. The minimum absolute atomic E-state index is 0.559. The normalized spacial score (nSPS) is 28.0. The molecular weight excluding hydrogens is 238 g/mol. The highest BCUT2D eigenvalue weighted by molar-refractivity contribution is 6.31. The van der Waals surface area contributed by atoms with Gasteiger partial charge < -0.3 is 4.74 Å². The monoisotopic (exact) mass is 240 g/mol. The predicted octanol–water partition coefficient (Wildman–Crippen LogP) is 3.00. The van der Waals surface area contributed by atoms with Gasteiger partial charge >= 0.3 is 17.8 Å². The molecule has 1 rings (SSSR count). The molecule has 0 saturated heterocycles. The molecule has 0 bridgehead atoms. The van der Waals surface area contributed by atoms with Crippen LogP contribution in [-0.4, -0.2) is 24.9 Å². The number of hydrogen-bond acceptors (Lipinski definition) is 1. The lowest BCUT2D eigenvalue weighted by Gasteiger charge is -2.23. The van der Waals surface area contributed by atoms with Gasteiger partial charge in [-0.25, -0.2) is 0 Å². The summed E-state index contributed by atoms with van der Waals surface area (Å²) in [5.41, 5.74) is 0. The summed E-state index contributed by atoms with van der Waals surface area (Å²) < 4.78 is 79.1. The van der Waals surface area contributed by atoms with Crippen molar-refractivity contribution in [2.24, 2.45) is 0 Å². The Hall–Kier alpha value is -0.590. The first-order chi connectivity index (χ1) is 6.10. The highest BCUT2D eigenvalue weighted by Gasteiger charge is 2.81. The maximum Gasteiger partial charge on any atom is 0.384 e. The molecule has 0 atom stereocenters. The van der Waals surface area contributed by atoms with Crippen molar-refractivity contribution in [3.05, 3.63) is 10.8 Å². The van der Waals surface area contributed by atoms with Gasteiger partial charge in [-0.05, 0) is 0 Å². The fraction of sp³-hybridized carbons (Fsp3) is 0.667. The van der Waals surface area contributed by atoms with Gasteiger partial charge in [-0.2, -0.15) is 26.3 Å². The van der Waals surface area contributed by atoms with Crippen LogP contribution in [0.3, 0.4) is 0 Å². The van der Waals surface area contributed by atoms with Crippen LogP contribution in [0.15, 0.2) is 10.8 Å². The quantitative estimate of drug-likeness (QED) is 0.640. The number of ether oxygens (including phenoxy) is 1. The van der Waals surface area contributed by atoms with Gasteiger partial charge in [0.15, 0.2) is 5.76 Å². The number of alkyl halides is 6. The van der Waals surface area contributed by atoms with Gasteiger partial charge in [-0.1, -0.05) is 11.6 Å². The van der Waals surface area contributed by atoms with Crippen molar-refractivity contribution in [3.8, 4) is 0 Å². The smallest absolute Gasteiger partial charge is 0.384 e. The van der Waals surface area contributed by atoms with Crippen LogP contribution in [0.25, 0.3) is 0 Å². The number of methoxy groups -OCH3 is 1. The fourth-order valence-corrected chi connectivity index (χ4v) is 1.29. The summed E-state index contributed by atoms with van der Waals surface area (Å²) in [6.07, 6.45) is 0. The van der Waals surface area contributed by atoms with Crippen LogP contribution in [-0.2, 0) is 4.74 Å². The molecule has 1 nitrogen and oxygen atoms in total. The first-order valence-electron chi connectivity index (χ1n) is 3.19. The van der Waals surface area contributed by atoms with Crippen molar-refractivity contribution in [2.75, 3.05) is 7.11 Å². The van der Waals surface area contributed by atoms with E-state index in [1.165, 1.54) is 0 Å². The zero-order valence-corrected chi connectivity index (χ0v) is 7.31. The molecule has 0 aromatic carbocycles. The fourth-order valence-electron chi connectivity index (χ4n) is 0.976. The summed E-state index contributed by atoms with van der Waals surface area (Å²) in [5.74, 6) is -17.7. The summed E-state index contributed by atoms with van der Waals surface area (Å²) in [6.45, 7) is 0. The Morgan fingerprint density at radius 2 is 1.43 bits per heavy atom. The standard InChI is InChI=1S/C6H3ClF6O/c1-14-3-2(7)4(8,9)6(12,13)5(3,10)11/h1H3. The Labute approximate surface area is 79.3 Å². The van der Waals surface area contributed by atoms with Gasteiger partial charge in [0.2, 0.25) is 0 Å². The first-order valence-corrected chi connectivity index (χ1v) is 3.56. The van der Waals surface area contributed by atoms with E-state index in [1.807, 2.05) is 0 Å². The van der Waals surface area contributed by atoms with E-state index >= 15 is 0 Å². The second-order valence-electron chi connectivity index (χ2n) is 2.57. The van der Waals surface area contributed by atoms with E-state index in [2.05, 4.69) is 16.3 Å². The van der Waals surface area contributed by atoms with Crippen molar-refractivity contribution in [1.29, 1.82) is 0 Å². The Morgan fingerprint density at radius 1 is 1.00 bits per heavy atom. The molecule has 14 heavy (non-hydrogen) atoms. The topological polar surface area (TPSA) is 9.23 Å². The highest BCUT2D eigenvalue weighted by Crippen LogP contribution is 2.60. The third-order valence-corrected chi connectivity index (χ3v) is 2.16. The van der Waals surface area contributed by atoms with E-state index in [0.29, 0.717) is 7.11 Å². The van der Waals surface area contributed by atoms with Gasteiger partial charge in [-0.15, -0.1) is 0 Å². The highest BCUT2D eigenvalue weighted by atomic mass is 35.5. The molecule has 8 heteroatoms. The molecular formula is C6H3ClF6O. The summed E-state index contributed by atoms with van der Waals surface area (Å²) in [5, 5.41) is -1.96. The number of halogens is 7. The van der Waals surface area contributed by atoms with Gasteiger partial charge in [0.05, 0.1) is 7.11 Å². The summed E-state index contributed by atoms with van der Waals surface area (Å²) >= 11 is 4.68. The molecule has 0 spiro atoms. The molecule has 1 aliphatic rings. The molecule has 0 unspecified atom stereocenters. The SMILES string of the molecule is COC1=C(Cl)C(F)(F)C(F)(F)C1(F)F. The van der Waals surface area contributed by atoms with Crippen molar-refractivity contribution in [3.63, 3.8) is 0 Å². The van der Waals surface area contributed by atoms with Crippen LogP contribution in [0.4, 0.5) is 26.3 Å². The van der Waals surface area contributed by atoms with Crippen LogP contribution in [0.1, 0.15) is 0 Å². The molecule has 0 N–H and O–H groups in total. The van der Waals surface area contributed by atoms with Gasteiger partial charge in [0.25, 0.3) is 0 Å². The van der Waals surface area contributed by atoms with E-state index in [9.17, 15) is 26.3 Å². The first kappa shape index (κ1) is 11.5. The van der Waals surface area contributed by atoms with E-state index in [1.54, 1.807) is 0 Å². The Morgan fingerprint density at radius 3 is 1.57 bits per heavy atom. The van der Waals surface area contributed by atoms with Crippen molar-refractivity contribution >= 4 is 11.6 Å². The molecule has 0 saturated carbocycles. The Kier molecular flexibility index (Phi) is 2.22. The van der Waals surface area contributed by atoms with Gasteiger partial charge in [-0.3, -0.25) is 0 Å². The second kappa shape index (κ2) is 2.71. The Balaban J connectivity index is 3.39. The maximum absolute atomic E-state index is 12.6. The van der Waals surface area contributed by atoms with Gasteiger partial charge in [0, 0.05) is 0 Å². The lowest BCUT2D eigenvalue weighted by molar-refractivity contribution is -0.269. The van der Waals surface area contributed by atoms with Crippen molar-refractivity contribution in [2.45, 2.75) is 17.8 Å². The third-order valence-electron chi connectivity index (χ3n) is 1.75. The zero-order chi connectivity index (χ0) is 11.4. The lowest BCUT2D eigenvalue weighted by atomic mass is 10.2. The Bertz CT molecular complexity index is 297. The third kappa shape index (κ3) is 0.986. The van der Waals surface area contributed by atoms with E-state index in [0.717, 1.165) is 0 Å². The molecule has 1 aliphatic carbocycles. The molecule has 0 fully saturated rings. The van der Waals surface area contributed by atoms with E-state index < -0.39 is 28.6 Å². The molecule has 0 amide bonds. The maximum atomic E-state index is 12.6. The van der Waals surface area contributed by atoms with E-state index in [-0.39, 0.29) is 0 Å². The second-order valence-corrected chi connectivity index (χ2v) is 2.95. The summed E-state index contributed by atoms with van der Waals surface area (Å²) in [4.78, 5) is 0. The zero-order valence-electron chi connectivity index (χ0n) is 6.55. The van der Waals surface area contributed by atoms with E-state index in [4.69, 9.17) is 0 Å². The molecule has 0 aromatic rings. The minimum Gasteiger partial charge on any atom is -0.493 e. The lowest BCUT2D eigenvalue weighted by Crippen LogP contribution is -2.49. The minimum atomic E-state index is -5.57. The van der Waals surface area contributed by atoms with Crippen LogP contribution >= 0.6 is 11.6 Å². The average molecular weight is 241 g/mol. The average Bonchev–Trinajstić information content (AvgIpc) is 2.10. The van der Waals surface area contributed by atoms with Crippen LogP contribution < -0.4 is 0 Å². The molecule has 0 heterocycles. The van der Waals surface area contributed by atoms with Crippen molar-refractivity contribution in [1.82, 2.24) is 0 Å². The van der Waals surface area contributed by atoms with Crippen molar-refractivity contribution < 1.29 is 31.1 Å². The van der Waals surface area contributed by atoms with Crippen LogP contribution in [0.5, 0.6) is 0 Å². The molecule has 0 aromatic heterocycles. The molecule has 0 aliphatic heterocycles. The molecule has 0 radical (unpaired) electrons. The number of hydrogen-bond donors (Lipinski definition) is 0. The largest absolute Gasteiger partial charge is 0.493 e. The number of rotatable bonds is 1. The summed E-state index contributed by atoms with van der Waals surface area (Å²) in [7, 11) is 0.559.